The molecule has 1 heterocycles. The lowest BCUT2D eigenvalue weighted by Gasteiger charge is -2.33. The van der Waals surface area contributed by atoms with Crippen LogP contribution in [0.1, 0.15) is 19.3 Å². The van der Waals surface area contributed by atoms with Crippen molar-refractivity contribution in [3.63, 3.8) is 0 Å². The number of likely N-dealkylation sites (tertiary alicyclic amines) is 1. The van der Waals surface area contributed by atoms with E-state index in [0.717, 1.165) is 22.2 Å². The molecule has 1 saturated heterocycles. The molecule has 1 fully saturated rings. The summed E-state index contributed by atoms with van der Waals surface area (Å²) in [5.41, 5.74) is 5.37. The van der Waals surface area contributed by atoms with E-state index in [1.807, 2.05) is 24.3 Å². The van der Waals surface area contributed by atoms with Gasteiger partial charge < -0.3 is 10.6 Å². The number of benzene rings is 1. The molecular formula is C14H17BrN2O2S. The number of piperidine rings is 1. The van der Waals surface area contributed by atoms with Gasteiger partial charge in [-0.15, -0.1) is 11.8 Å². The van der Waals surface area contributed by atoms with Crippen molar-refractivity contribution in [2.24, 2.45) is 5.73 Å². The summed E-state index contributed by atoms with van der Waals surface area (Å²) in [6, 6.07) is 7.38. The third kappa shape index (κ3) is 3.99. The third-order valence-corrected chi connectivity index (χ3v) is 4.85. The van der Waals surface area contributed by atoms with Gasteiger partial charge in [-0.05, 0) is 43.5 Å². The number of halogens is 1. The molecule has 2 rings (SSSR count). The fraction of sp³-hybridized carbons (Fsp3) is 0.429. The number of nitrogens with two attached hydrogens (primary N) is 1. The van der Waals surface area contributed by atoms with E-state index in [2.05, 4.69) is 15.9 Å². The molecule has 4 nitrogen and oxygen atoms in total. The Hall–Kier alpha value is -1.01. The van der Waals surface area contributed by atoms with Gasteiger partial charge in [0.05, 0.1) is 5.75 Å². The number of carbonyl (C=O) groups is 2. The highest BCUT2D eigenvalue weighted by atomic mass is 79.9. The minimum absolute atomic E-state index is 0.0126. The van der Waals surface area contributed by atoms with Crippen LogP contribution < -0.4 is 5.73 Å². The van der Waals surface area contributed by atoms with Gasteiger partial charge in [0.2, 0.25) is 11.8 Å². The molecule has 1 aromatic rings. The molecule has 2 amide bonds. The predicted octanol–water partition coefficient (Wildman–Crippen LogP) is 2.41. The molecule has 0 aliphatic carbocycles. The zero-order valence-corrected chi connectivity index (χ0v) is 13.5. The number of thioether (sulfide) groups is 1. The second-order valence-electron chi connectivity index (χ2n) is 4.74. The summed E-state index contributed by atoms with van der Waals surface area (Å²) in [6.45, 7) is 0.632. The van der Waals surface area contributed by atoms with E-state index in [4.69, 9.17) is 5.73 Å². The number of rotatable bonds is 4. The van der Waals surface area contributed by atoms with Crippen LogP contribution in [0.5, 0.6) is 0 Å². The zero-order valence-electron chi connectivity index (χ0n) is 11.0. The Kier molecular flexibility index (Phi) is 5.48. The van der Waals surface area contributed by atoms with Gasteiger partial charge in [0.1, 0.15) is 6.04 Å². The van der Waals surface area contributed by atoms with E-state index in [1.165, 1.54) is 11.8 Å². The Morgan fingerprint density at radius 2 is 2.00 bits per heavy atom. The standard InChI is InChI=1S/C14H17BrN2O2S/c15-10-4-6-11(7-5-10)20-9-13(18)17-8-2-1-3-12(17)14(16)19/h4-7,12H,1-3,8-9H2,(H2,16,19)/t12-/m0/s1. The van der Waals surface area contributed by atoms with Crippen LogP contribution in [-0.4, -0.2) is 35.1 Å². The van der Waals surface area contributed by atoms with Crippen molar-refractivity contribution in [2.75, 3.05) is 12.3 Å². The van der Waals surface area contributed by atoms with Crippen molar-refractivity contribution in [3.8, 4) is 0 Å². The molecule has 1 aliphatic rings. The molecule has 1 aromatic carbocycles. The van der Waals surface area contributed by atoms with Crippen LogP contribution in [-0.2, 0) is 9.59 Å². The van der Waals surface area contributed by atoms with Gasteiger partial charge in [-0.3, -0.25) is 9.59 Å². The molecule has 0 aromatic heterocycles. The fourth-order valence-corrected chi connectivity index (χ4v) is 3.33. The normalized spacial score (nSPS) is 18.9. The van der Waals surface area contributed by atoms with Crippen LogP contribution in [0, 0.1) is 0 Å². The van der Waals surface area contributed by atoms with Crippen molar-refractivity contribution in [1.82, 2.24) is 4.90 Å². The van der Waals surface area contributed by atoms with E-state index < -0.39 is 11.9 Å². The van der Waals surface area contributed by atoms with Crippen LogP contribution in [0.3, 0.4) is 0 Å². The van der Waals surface area contributed by atoms with Crippen molar-refractivity contribution in [2.45, 2.75) is 30.2 Å². The van der Waals surface area contributed by atoms with Crippen LogP contribution in [0.25, 0.3) is 0 Å². The van der Waals surface area contributed by atoms with Crippen molar-refractivity contribution in [3.05, 3.63) is 28.7 Å². The number of nitrogens with zero attached hydrogens (tertiary/aromatic N) is 1. The van der Waals surface area contributed by atoms with Crippen LogP contribution in [0.2, 0.25) is 0 Å². The Balaban J connectivity index is 1.93. The number of primary amides is 1. The number of hydrogen-bond donors (Lipinski definition) is 1. The van der Waals surface area contributed by atoms with Crippen LogP contribution >= 0.6 is 27.7 Å². The highest BCUT2D eigenvalue weighted by Gasteiger charge is 2.30. The summed E-state index contributed by atoms with van der Waals surface area (Å²) in [5, 5.41) is 0. The van der Waals surface area contributed by atoms with Gasteiger partial charge in [-0.25, -0.2) is 0 Å². The van der Waals surface area contributed by atoms with Crippen molar-refractivity contribution >= 4 is 39.5 Å². The molecular weight excluding hydrogens is 340 g/mol. The fourth-order valence-electron chi connectivity index (χ4n) is 2.28. The molecule has 2 N–H and O–H groups in total. The SMILES string of the molecule is NC(=O)[C@@H]1CCCCN1C(=O)CSc1ccc(Br)cc1. The molecule has 108 valence electrons. The summed E-state index contributed by atoms with van der Waals surface area (Å²) < 4.78 is 1.01. The van der Waals surface area contributed by atoms with Gasteiger partial charge in [0.15, 0.2) is 0 Å². The third-order valence-electron chi connectivity index (χ3n) is 3.33. The maximum Gasteiger partial charge on any atom is 0.240 e. The van der Waals surface area contributed by atoms with Gasteiger partial charge >= 0.3 is 0 Å². The van der Waals surface area contributed by atoms with E-state index >= 15 is 0 Å². The highest BCUT2D eigenvalue weighted by Crippen LogP contribution is 2.23. The quantitative estimate of drug-likeness (QED) is 0.842. The average Bonchev–Trinajstić information content (AvgIpc) is 2.46. The molecule has 0 bridgehead atoms. The van der Waals surface area contributed by atoms with Crippen molar-refractivity contribution in [1.29, 1.82) is 0 Å². The molecule has 1 atom stereocenters. The Bertz CT molecular complexity index is 492. The first-order valence-electron chi connectivity index (χ1n) is 6.55. The monoisotopic (exact) mass is 356 g/mol. The lowest BCUT2D eigenvalue weighted by atomic mass is 10.0. The molecule has 20 heavy (non-hydrogen) atoms. The summed E-state index contributed by atoms with van der Waals surface area (Å²) in [7, 11) is 0. The Morgan fingerprint density at radius 1 is 1.30 bits per heavy atom. The van der Waals surface area contributed by atoms with Gasteiger partial charge in [-0.1, -0.05) is 15.9 Å². The maximum absolute atomic E-state index is 12.2. The first-order chi connectivity index (χ1) is 9.58. The minimum atomic E-state index is -0.429. The Labute approximate surface area is 131 Å². The summed E-state index contributed by atoms with van der Waals surface area (Å²) >= 11 is 4.86. The summed E-state index contributed by atoms with van der Waals surface area (Å²) in [5.74, 6) is -0.0705. The first kappa shape index (κ1) is 15.4. The lowest BCUT2D eigenvalue weighted by Crippen LogP contribution is -2.51. The molecule has 0 radical (unpaired) electrons. The van der Waals surface area contributed by atoms with Crippen LogP contribution in [0.15, 0.2) is 33.6 Å². The van der Waals surface area contributed by atoms with Crippen molar-refractivity contribution < 1.29 is 9.59 Å². The number of carbonyl (C=O) groups excluding carboxylic acids is 2. The molecule has 0 saturated carbocycles. The number of amides is 2. The summed E-state index contributed by atoms with van der Waals surface area (Å²) in [4.78, 5) is 26.3. The maximum atomic E-state index is 12.2. The highest BCUT2D eigenvalue weighted by molar-refractivity contribution is 9.10. The molecule has 0 spiro atoms. The Morgan fingerprint density at radius 3 is 2.65 bits per heavy atom. The zero-order chi connectivity index (χ0) is 14.5. The first-order valence-corrected chi connectivity index (χ1v) is 8.33. The molecule has 6 heteroatoms. The average molecular weight is 357 g/mol. The summed E-state index contributed by atoms with van der Waals surface area (Å²) in [6.07, 6.45) is 2.58. The topological polar surface area (TPSA) is 63.4 Å². The number of hydrogen-bond acceptors (Lipinski definition) is 3. The predicted molar refractivity (Wildman–Crippen MR) is 83.4 cm³/mol. The molecule has 1 aliphatic heterocycles. The van der Waals surface area contributed by atoms with E-state index in [0.29, 0.717) is 18.7 Å². The minimum Gasteiger partial charge on any atom is -0.368 e. The largest absolute Gasteiger partial charge is 0.368 e. The smallest absolute Gasteiger partial charge is 0.240 e. The van der Waals surface area contributed by atoms with Gasteiger partial charge in [-0.2, -0.15) is 0 Å². The second-order valence-corrected chi connectivity index (χ2v) is 6.71. The van der Waals surface area contributed by atoms with E-state index in [1.54, 1.807) is 4.90 Å². The molecule has 0 unspecified atom stereocenters. The second kappa shape index (κ2) is 7.13. The van der Waals surface area contributed by atoms with E-state index in [-0.39, 0.29) is 5.91 Å². The van der Waals surface area contributed by atoms with Gasteiger partial charge in [0.25, 0.3) is 0 Å². The van der Waals surface area contributed by atoms with E-state index in [9.17, 15) is 9.59 Å². The van der Waals surface area contributed by atoms with Crippen LogP contribution in [0.4, 0.5) is 0 Å². The lowest BCUT2D eigenvalue weighted by molar-refractivity contribution is -0.138. The van der Waals surface area contributed by atoms with Gasteiger partial charge in [0, 0.05) is 15.9 Å².